The van der Waals surface area contributed by atoms with Crippen molar-refractivity contribution in [1.29, 1.82) is 0 Å². The van der Waals surface area contributed by atoms with Crippen molar-refractivity contribution in [3.63, 3.8) is 0 Å². The highest BCUT2D eigenvalue weighted by molar-refractivity contribution is 7.99. The van der Waals surface area contributed by atoms with Crippen molar-refractivity contribution in [3.8, 4) is 17.2 Å². The van der Waals surface area contributed by atoms with Crippen molar-refractivity contribution in [2.24, 2.45) is 0 Å². The molecule has 0 aliphatic rings. The van der Waals surface area contributed by atoms with E-state index < -0.39 is 0 Å². The molecule has 3 aromatic rings. The van der Waals surface area contributed by atoms with E-state index in [1.54, 1.807) is 62.8 Å². The molecule has 2 N–H and O–H groups in total. The second kappa shape index (κ2) is 9.14. The van der Waals surface area contributed by atoms with E-state index >= 15 is 0 Å². The van der Waals surface area contributed by atoms with Gasteiger partial charge in [-0.2, -0.15) is 0 Å². The molecule has 0 spiro atoms. The highest BCUT2D eigenvalue weighted by Crippen LogP contribution is 2.20. The number of thioether (sulfide) groups is 1. The summed E-state index contributed by atoms with van der Waals surface area (Å²) >= 11 is 1.22. The van der Waals surface area contributed by atoms with Crippen LogP contribution in [0.3, 0.4) is 0 Å². The highest BCUT2D eigenvalue weighted by atomic mass is 32.2. The molecular formula is C19H20N4O4S. The Morgan fingerprint density at radius 3 is 2.14 bits per heavy atom. The first-order valence-corrected chi connectivity index (χ1v) is 9.35. The number of Topliss-reactive ketones (excluding diaryl/α,β-unsaturated/α-hetero) is 1. The highest BCUT2D eigenvalue weighted by Gasteiger charge is 2.14. The maximum atomic E-state index is 12.3. The van der Waals surface area contributed by atoms with Crippen LogP contribution >= 0.6 is 11.8 Å². The lowest BCUT2D eigenvalue weighted by Gasteiger charge is -2.07. The van der Waals surface area contributed by atoms with Crippen molar-refractivity contribution in [2.45, 2.75) is 11.8 Å². The molecular weight excluding hydrogens is 380 g/mol. The molecule has 1 aromatic heterocycles. The first kappa shape index (κ1) is 19.6. The maximum Gasteiger partial charge on any atom is 0.210 e. The fourth-order valence-electron chi connectivity index (χ4n) is 2.31. The summed E-state index contributed by atoms with van der Waals surface area (Å²) < 4.78 is 17.2. The van der Waals surface area contributed by atoms with Crippen molar-refractivity contribution in [2.75, 3.05) is 25.8 Å². The van der Waals surface area contributed by atoms with Gasteiger partial charge in [0.1, 0.15) is 23.9 Å². The number of methoxy groups -OCH3 is 2. The van der Waals surface area contributed by atoms with Gasteiger partial charge in [0, 0.05) is 5.56 Å². The molecule has 2 aromatic carbocycles. The zero-order valence-electron chi connectivity index (χ0n) is 15.5. The summed E-state index contributed by atoms with van der Waals surface area (Å²) in [6.07, 6.45) is 0. The van der Waals surface area contributed by atoms with Gasteiger partial charge < -0.3 is 20.1 Å². The van der Waals surface area contributed by atoms with Crippen LogP contribution in [-0.4, -0.2) is 40.6 Å². The summed E-state index contributed by atoms with van der Waals surface area (Å²) in [7, 11) is 3.18. The van der Waals surface area contributed by atoms with Crippen LogP contribution in [0, 0.1) is 0 Å². The fourth-order valence-corrected chi connectivity index (χ4v) is 3.08. The molecule has 146 valence electrons. The van der Waals surface area contributed by atoms with Crippen molar-refractivity contribution >= 4 is 17.5 Å². The minimum Gasteiger partial charge on any atom is -0.497 e. The lowest BCUT2D eigenvalue weighted by Crippen LogP contribution is -2.16. The van der Waals surface area contributed by atoms with Crippen molar-refractivity contribution < 1.29 is 19.0 Å². The number of nitrogens with two attached hydrogens (primary N) is 1. The number of hydrogen-bond donors (Lipinski definition) is 1. The van der Waals surface area contributed by atoms with E-state index in [1.165, 1.54) is 16.4 Å². The number of hydrogen-bond acceptors (Lipinski definition) is 8. The molecule has 0 saturated carbocycles. The molecule has 0 unspecified atom stereocenters. The predicted octanol–water partition coefficient (Wildman–Crippen LogP) is 2.56. The molecule has 0 bridgehead atoms. The van der Waals surface area contributed by atoms with Gasteiger partial charge in [0.25, 0.3) is 0 Å². The molecule has 28 heavy (non-hydrogen) atoms. The summed E-state index contributed by atoms with van der Waals surface area (Å²) in [6, 6.07) is 14.1. The normalized spacial score (nSPS) is 10.5. The average molecular weight is 400 g/mol. The molecule has 0 radical (unpaired) electrons. The number of nitrogens with zero attached hydrogens (tertiary/aromatic N) is 3. The lowest BCUT2D eigenvalue weighted by atomic mass is 10.1. The standard InChI is InChI=1S/C19H20N4O4S/c1-25-14-5-3-13(4-6-14)17(24)12-28-19-22-21-18(23(19)20)11-27-16-9-7-15(26-2)8-10-16/h3-10H,11-12,20H2,1-2H3. The number of ketones is 1. The summed E-state index contributed by atoms with van der Waals surface area (Å²) in [6.45, 7) is 0.156. The van der Waals surface area contributed by atoms with Crippen LogP contribution in [-0.2, 0) is 6.61 Å². The minimum atomic E-state index is -0.0355. The quantitative estimate of drug-likeness (QED) is 0.332. The van der Waals surface area contributed by atoms with Gasteiger partial charge >= 0.3 is 0 Å². The zero-order chi connectivity index (χ0) is 19.9. The second-order valence-corrected chi connectivity index (χ2v) is 6.62. The van der Waals surface area contributed by atoms with Gasteiger partial charge in [-0.05, 0) is 48.5 Å². The van der Waals surface area contributed by atoms with E-state index in [1.807, 2.05) is 0 Å². The van der Waals surface area contributed by atoms with E-state index in [-0.39, 0.29) is 18.1 Å². The Kier molecular flexibility index (Phi) is 6.38. The predicted molar refractivity (Wildman–Crippen MR) is 106 cm³/mol. The van der Waals surface area contributed by atoms with E-state index in [2.05, 4.69) is 10.2 Å². The van der Waals surface area contributed by atoms with Crippen LogP contribution in [0.25, 0.3) is 0 Å². The largest absolute Gasteiger partial charge is 0.497 e. The summed E-state index contributed by atoms with van der Waals surface area (Å²) in [4.78, 5) is 12.3. The molecule has 1 heterocycles. The summed E-state index contributed by atoms with van der Waals surface area (Å²) in [5, 5.41) is 8.49. The molecule has 8 nitrogen and oxygen atoms in total. The fraction of sp³-hybridized carbons (Fsp3) is 0.211. The monoisotopic (exact) mass is 400 g/mol. The molecule has 0 aliphatic heterocycles. The first-order chi connectivity index (χ1) is 13.6. The van der Waals surface area contributed by atoms with Gasteiger partial charge in [-0.25, -0.2) is 4.68 Å². The number of ether oxygens (including phenoxy) is 3. The van der Waals surface area contributed by atoms with Gasteiger partial charge in [0.05, 0.1) is 20.0 Å². The smallest absolute Gasteiger partial charge is 0.210 e. The third-order valence-corrected chi connectivity index (χ3v) is 4.85. The SMILES string of the molecule is COc1ccc(OCc2nnc(SCC(=O)c3ccc(OC)cc3)n2N)cc1. The van der Waals surface area contributed by atoms with Gasteiger partial charge in [0.2, 0.25) is 5.16 Å². The van der Waals surface area contributed by atoms with E-state index in [0.717, 1.165) is 5.75 Å². The Hall–Kier alpha value is -3.20. The van der Waals surface area contributed by atoms with Crippen LogP contribution in [0.2, 0.25) is 0 Å². The van der Waals surface area contributed by atoms with E-state index in [9.17, 15) is 4.79 Å². The Labute approximate surface area is 166 Å². The lowest BCUT2D eigenvalue weighted by molar-refractivity contribution is 0.102. The van der Waals surface area contributed by atoms with Crippen LogP contribution in [0.15, 0.2) is 53.7 Å². The van der Waals surface area contributed by atoms with E-state index in [4.69, 9.17) is 20.1 Å². The Balaban J connectivity index is 1.55. The van der Waals surface area contributed by atoms with Crippen LogP contribution < -0.4 is 20.1 Å². The Morgan fingerprint density at radius 2 is 1.54 bits per heavy atom. The average Bonchev–Trinajstić information content (AvgIpc) is 3.10. The number of aromatic nitrogens is 3. The van der Waals surface area contributed by atoms with Crippen LogP contribution in [0.1, 0.15) is 16.2 Å². The van der Waals surface area contributed by atoms with Crippen LogP contribution in [0.4, 0.5) is 0 Å². The molecule has 0 fully saturated rings. The second-order valence-electron chi connectivity index (χ2n) is 5.67. The summed E-state index contributed by atoms with van der Waals surface area (Å²) in [5.41, 5.74) is 0.597. The zero-order valence-corrected chi connectivity index (χ0v) is 16.3. The Morgan fingerprint density at radius 1 is 0.964 bits per heavy atom. The molecule has 0 saturated heterocycles. The minimum absolute atomic E-state index is 0.0355. The Bertz CT molecular complexity index is 926. The van der Waals surface area contributed by atoms with Gasteiger partial charge in [0.15, 0.2) is 11.6 Å². The number of carbonyl (C=O) groups excluding carboxylic acids is 1. The van der Waals surface area contributed by atoms with Crippen molar-refractivity contribution in [1.82, 2.24) is 14.9 Å². The third kappa shape index (κ3) is 4.74. The van der Waals surface area contributed by atoms with Gasteiger partial charge in [-0.15, -0.1) is 10.2 Å². The number of benzene rings is 2. The molecule has 0 atom stereocenters. The van der Waals surface area contributed by atoms with Crippen LogP contribution in [0.5, 0.6) is 17.2 Å². The number of carbonyl (C=O) groups is 1. The molecule has 0 aliphatic carbocycles. The molecule has 3 rings (SSSR count). The van der Waals surface area contributed by atoms with E-state index in [0.29, 0.717) is 28.0 Å². The molecule has 9 heteroatoms. The first-order valence-electron chi connectivity index (χ1n) is 8.37. The number of rotatable bonds is 9. The van der Waals surface area contributed by atoms with Crippen molar-refractivity contribution in [3.05, 3.63) is 59.9 Å². The maximum absolute atomic E-state index is 12.3. The van der Waals surface area contributed by atoms with Gasteiger partial charge in [-0.3, -0.25) is 4.79 Å². The van der Waals surface area contributed by atoms with Gasteiger partial charge in [-0.1, -0.05) is 11.8 Å². The number of nitrogen functional groups attached to an aromatic ring is 1. The third-order valence-electron chi connectivity index (χ3n) is 3.91. The molecule has 0 amide bonds. The topological polar surface area (TPSA) is 101 Å². The summed E-state index contributed by atoms with van der Waals surface area (Å²) in [5.74, 6) is 8.74.